The lowest BCUT2D eigenvalue weighted by atomic mass is 9.86. The second kappa shape index (κ2) is 18.1. The number of anilines is 3. The van der Waals surface area contributed by atoms with Crippen LogP contribution in [0.1, 0.15) is 0 Å². The molecule has 0 atom stereocenters. The summed E-state index contributed by atoms with van der Waals surface area (Å²) in [5.74, 6) is 0. The third-order valence-corrected chi connectivity index (χ3v) is 15.0. The molecule has 0 saturated carbocycles. The Bertz CT molecular complexity index is 4300. The molecule has 0 aliphatic carbocycles. The zero-order valence-electron chi connectivity index (χ0n) is 40.6. The van der Waals surface area contributed by atoms with E-state index in [0.717, 1.165) is 17.1 Å². The maximum Gasteiger partial charge on any atom is 0.0541 e. The number of hydrogen-bond acceptors (Lipinski definition) is 1. The van der Waals surface area contributed by atoms with Crippen LogP contribution in [0.2, 0.25) is 0 Å². The Balaban J connectivity index is 0.826. The molecule has 0 N–H and O–H groups in total. The largest absolute Gasteiger partial charge is 0.311 e. The predicted octanol–water partition coefficient (Wildman–Crippen LogP) is 20.0. The molecule has 0 amide bonds. The summed E-state index contributed by atoms with van der Waals surface area (Å²) in [5, 5.41) is 10.0. The normalized spacial score (nSPS) is 11.5. The van der Waals surface area contributed by atoms with E-state index in [2.05, 4.69) is 301 Å². The Hall–Kier alpha value is -9.76. The summed E-state index contributed by atoms with van der Waals surface area (Å²) < 4.78 is 2.37. The van der Waals surface area contributed by atoms with Gasteiger partial charge in [0, 0.05) is 33.5 Å². The maximum atomic E-state index is 2.38. The minimum Gasteiger partial charge on any atom is -0.311 e. The molecule has 2 heteroatoms. The first-order valence-corrected chi connectivity index (χ1v) is 25.5. The molecule has 0 radical (unpaired) electrons. The second-order valence-corrected chi connectivity index (χ2v) is 19.2. The van der Waals surface area contributed by atoms with E-state index < -0.39 is 0 Å². The number of fused-ring (bicyclic) bond motifs is 6. The van der Waals surface area contributed by atoms with Crippen LogP contribution >= 0.6 is 0 Å². The van der Waals surface area contributed by atoms with Gasteiger partial charge in [0.05, 0.1) is 11.0 Å². The van der Waals surface area contributed by atoms with E-state index in [1.807, 2.05) is 0 Å². The average molecular weight is 941 g/mol. The van der Waals surface area contributed by atoms with Gasteiger partial charge in [0.25, 0.3) is 0 Å². The highest BCUT2D eigenvalue weighted by atomic mass is 15.1. The van der Waals surface area contributed by atoms with E-state index >= 15 is 0 Å². The molecule has 0 aliphatic heterocycles. The third kappa shape index (κ3) is 7.43. The van der Waals surface area contributed by atoms with Crippen molar-refractivity contribution in [2.24, 2.45) is 0 Å². The van der Waals surface area contributed by atoms with Crippen molar-refractivity contribution in [1.82, 2.24) is 4.57 Å². The fourth-order valence-corrected chi connectivity index (χ4v) is 11.5. The van der Waals surface area contributed by atoms with Crippen LogP contribution in [-0.2, 0) is 0 Å². The molecule has 1 aromatic heterocycles. The van der Waals surface area contributed by atoms with Crippen LogP contribution in [0.4, 0.5) is 17.1 Å². The van der Waals surface area contributed by atoms with Gasteiger partial charge in [-0.15, -0.1) is 0 Å². The lowest BCUT2D eigenvalue weighted by Gasteiger charge is -2.26. The van der Waals surface area contributed by atoms with Gasteiger partial charge in [0.2, 0.25) is 0 Å². The van der Waals surface area contributed by atoms with Gasteiger partial charge in [-0.05, 0) is 155 Å². The molecule has 2 nitrogen and oxygen atoms in total. The van der Waals surface area contributed by atoms with Gasteiger partial charge in [0.15, 0.2) is 0 Å². The van der Waals surface area contributed by atoms with Crippen molar-refractivity contribution in [3.8, 4) is 61.3 Å². The molecule has 13 aromatic carbocycles. The van der Waals surface area contributed by atoms with E-state index in [9.17, 15) is 0 Å². The fraction of sp³-hybridized carbons (Fsp3) is 0. The molecule has 1 heterocycles. The molecule has 0 spiro atoms. The van der Waals surface area contributed by atoms with Gasteiger partial charge >= 0.3 is 0 Å². The van der Waals surface area contributed by atoms with Crippen molar-refractivity contribution in [1.29, 1.82) is 0 Å². The summed E-state index contributed by atoms with van der Waals surface area (Å²) in [6.07, 6.45) is 0. The van der Waals surface area contributed by atoms with Crippen LogP contribution in [0.5, 0.6) is 0 Å². The van der Waals surface area contributed by atoms with Crippen molar-refractivity contribution >= 4 is 71.2 Å². The summed E-state index contributed by atoms with van der Waals surface area (Å²) in [6, 6.07) is 106. The molecular formula is C72H48N2. The number of hydrogen-bond donors (Lipinski definition) is 0. The number of aromatic nitrogens is 1. The van der Waals surface area contributed by atoms with Crippen molar-refractivity contribution in [3.05, 3.63) is 291 Å². The molecule has 0 unspecified atom stereocenters. The molecule has 0 saturated heterocycles. The highest BCUT2D eigenvalue weighted by Crippen LogP contribution is 2.45. The van der Waals surface area contributed by atoms with E-state index in [0.29, 0.717) is 0 Å². The lowest BCUT2D eigenvalue weighted by molar-refractivity contribution is 1.18. The molecule has 0 fully saturated rings. The monoisotopic (exact) mass is 940 g/mol. The van der Waals surface area contributed by atoms with E-state index in [1.54, 1.807) is 0 Å². The summed E-state index contributed by atoms with van der Waals surface area (Å²) in [4.78, 5) is 2.38. The SMILES string of the molecule is c1ccc(-c2c3ccccc3c(-c3ccc(N(c4ccc(-c5ccc(-c6ccc7c(c6)c6ccccc6n7-c6ccccc6)cc5)cc4)c4ccc(-c5cccc6ccccc56)cc4)cc3)c3ccccc23)cc1. The van der Waals surface area contributed by atoms with Crippen molar-refractivity contribution in [2.45, 2.75) is 0 Å². The minimum atomic E-state index is 1.09. The summed E-state index contributed by atoms with van der Waals surface area (Å²) in [7, 11) is 0. The lowest BCUT2D eigenvalue weighted by Crippen LogP contribution is -2.09. The standard InChI is InChI=1S/C72H48N2/c1-3-17-54(18-4-1)71-64-24-9-11-26-66(64)72(67-27-12-10-25-65(67)71)55-38-45-60(46-39-55)73(59-43-36-53(37-44-59)62-28-15-19-52-16-7-8-22-61(52)62)58-41-34-50(35-42-58)49-30-32-51(33-31-49)56-40-47-70-68(48-56)63-23-13-14-29-69(63)74(70)57-20-5-2-6-21-57/h1-48H. The smallest absolute Gasteiger partial charge is 0.0541 e. The van der Waals surface area contributed by atoms with E-state index in [1.165, 1.54) is 115 Å². The van der Waals surface area contributed by atoms with Crippen molar-refractivity contribution in [3.63, 3.8) is 0 Å². The molecular weight excluding hydrogens is 893 g/mol. The molecule has 14 rings (SSSR count). The van der Waals surface area contributed by atoms with Crippen LogP contribution in [0, 0.1) is 0 Å². The molecule has 0 bridgehead atoms. The Morgan fingerprint density at radius 3 is 1.20 bits per heavy atom. The van der Waals surface area contributed by atoms with Gasteiger partial charge in [0.1, 0.15) is 0 Å². The van der Waals surface area contributed by atoms with Crippen LogP contribution < -0.4 is 4.90 Å². The summed E-state index contributed by atoms with van der Waals surface area (Å²) in [5.41, 5.74) is 18.9. The number of nitrogens with zero attached hydrogens (tertiary/aromatic N) is 2. The molecule has 14 aromatic rings. The Labute approximate surface area is 430 Å². The number of benzene rings is 13. The number of para-hydroxylation sites is 2. The van der Waals surface area contributed by atoms with Crippen LogP contribution in [-0.4, -0.2) is 4.57 Å². The molecule has 346 valence electrons. The van der Waals surface area contributed by atoms with Gasteiger partial charge in [-0.3, -0.25) is 0 Å². The topological polar surface area (TPSA) is 8.17 Å². The first-order chi connectivity index (χ1) is 36.7. The van der Waals surface area contributed by atoms with Crippen LogP contribution in [0.3, 0.4) is 0 Å². The van der Waals surface area contributed by atoms with Gasteiger partial charge in [-0.2, -0.15) is 0 Å². The summed E-state index contributed by atoms with van der Waals surface area (Å²) >= 11 is 0. The van der Waals surface area contributed by atoms with Crippen LogP contribution in [0.15, 0.2) is 291 Å². The van der Waals surface area contributed by atoms with Gasteiger partial charge in [-0.25, -0.2) is 0 Å². The zero-order chi connectivity index (χ0) is 49.0. The zero-order valence-corrected chi connectivity index (χ0v) is 40.6. The van der Waals surface area contributed by atoms with Gasteiger partial charge in [-0.1, -0.05) is 224 Å². The highest BCUT2D eigenvalue weighted by Gasteiger charge is 2.19. The Morgan fingerprint density at radius 2 is 0.622 bits per heavy atom. The fourth-order valence-electron chi connectivity index (χ4n) is 11.5. The third-order valence-electron chi connectivity index (χ3n) is 15.0. The van der Waals surface area contributed by atoms with Gasteiger partial charge < -0.3 is 9.47 Å². The maximum absolute atomic E-state index is 2.38. The van der Waals surface area contributed by atoms with Crippen LogP contribution in [0.25, 0.3) is 115 Å². The average Bonchev–Trinajstić information content (AvgIpc) is 3.82. The molecule has 0 aliphatic rings. The second-order valence-electron chi connectivity index (χ2n) is 19.2. The van der Waals surface area contributed by atoms with E-state index in [4.69, 9.17) is 0 Å². The summed E-state index contributed by atoms with van der Waals surface area (Å²) in [6.45, 7) is 0. The first kappa shape index (κ1) is 43.1. The van der Waals surface area contributed by atoms with Crippen molar-refractivity contribution < 1.29 is 0 Å². The Morgan fingerprint density at radius 1 is 0.230 bits per heavy atom. The molecule has 74 heavy (non-hydrogen) atoms. The highest BCUT2D eigenvalue weighted by molar-refractivity contribution is 6.21. The number of rotatable bonds is 9. The quantitative estimate of drug-likeness (QED) is 0.131. The predicted molar refractivity (Wildman–Crippen MR) is 315 cm³/mol. The minimum absolute atomic E-state index is 1.09. The first-order valence-electron chi connectivity index (χ1n) is 25.5. The van der Waals surface area contributed by atoms with Crippen molar-refractivity contribution in [2.75, 3.05) is 4.90 Å². The van der Waals surface area contributed by atoms with E-state index in [-0.39, 0.29) is 0 Å². The Kier molecular flexibility index (Phi) is 10.6.